The maximum atomic E-state index is 16.3. The molecule has 68 heavy (non-hydrogen) atoms. The van der Waals surface area contributed by atoms with Gasteiger partial charge in [-0.25, -0.2) is 9.59 Å². The second-order valence-electron chi connectivity index (χ2n) is 19.1. The Bertz CT molecular complexity index is 2480. The SMILES string of the molecule is CC[Si](CC)(CC)O[C@H]1C[C@H]2OC[C@@]2(OC(C)=O)[C@H]2[C@H](OC(=O)c3ccccc3)[C@]3(O)C[C@H](OC(=O)/C=C(\NC(=O)c4ccccc4)c4ccncc4)C(C)=C([C@@H](OC(C)=O)C(=O)[C@]12C)C3(C)C. The summed E-state index contributed by atoms with van der Waals surface area (Å²) in [5.41, 5.74) is -5.92. The highest BCUT2D eigenvalue weighted by atomic mass is 28.4. The number of fused-ring (bicyclic) bond motifs is 5. The molecule has 15 nitrogen and oxygen atoms in total. The lowest BCUT2D eigenvalue weighted by molar-refractivity contribution is -0.344. The molecule has 2 N–H and O–H groups in total. The maximum Gasteiger partial charge on any atom is 0.338 e. The molecule has 3 fully saturated rings. The molecule has 2 bridgehead atoms. The molecule has 4 aliphatic rings. The van der Waals surface area contributed by atoms with Crippen LogP contribution in [0.3, 0.4) is 0 Å². The first-order chi connectivity index (χ1) is 32.2. The Hall–Kier alpha value is -5.81. The number of Topliss-reactive ketones (excluding diaryl/α,β-unsaturated/α-hetero) is 1. The van der Waals surface area contributed by atoms with Gasteiger partial charge in [0.2, 0.25) is 0 Å². The Balaban J connectivity index is 1.46. The second-order valence-corrected chi connectivity index (χ2v) is 23.9. The fourth-order valence-corrected chi connectivity index (χ4v) is 14.2. The number of hydrogen-bond acceptors (Lipinski definition) is 14. The van der Waals surface area contributed by atoms with Crippen molar-refractivity contribution in [2.45, 2.75) is 135 Å². The molecule has 2 saturated carbocycles. The van der Waals surface area contributed by atoms with Gasteiger partial charge in [0.05, 0.1) is 35.3 Å². The van der Waals surface area contributed by atoms with Crippen molar-refractivity contribution in [3.8, 4) is 0 Å². The fraction of sp³-hybridized carbons (Fsp3) is 0.481. The molecule has 1 aromatic heterocycles. The standard InChI is InChI=1S/C52H62N2O13Si/c1-10-68(11-2,12-3)67-39-28-40-51(30-62-40,66-33(6)56)44-46(65-48(60)36-21-17-14-18-22-36)52(61)29-38(31(4)42(49(52,7)8)43(63-32(5)55)45(58)50(39,44)9)64-41(57)27-37(34-23-25-53-26-24-34)54-47(59)35-19-15-13-16-20-35/h13-27,38-40,43-44,46,61H,10-12,28-30H2,1-9H3,(H,54,59)/b37-27-/t38-,39-,40+,43+,44-,46-,50+,51-,52+/m0/s1. The summed E-state index contributed by atoms with van der Waals surface area (Å²) in [4.78, 5) is 89.6. The zero-order valence-corrected chi connectivity index (χ0v) is 41.2. The van der Waals surface area contributed by atoms with Gasteiger partial charge in [0.15, 0.2) is 25.8 Å². The quantitative estimate of drug-likeness (QED) is 0.0545. The number of aromatic nitrogens is 1. The van der Waals surface area contributed by atoms with Crippen molar-refractivity contribution in [2.75, 3.05) is 6.61 Å². The third-order valence-electron chi connectivity index (χ3n) is 15.3. The van der Waals surface area contributed by atoms with Crippen LogP contribution in [0.25, 0.3) is 5.70 Å². The van der Waals surface area contributed by atoms with Gasteiger partial charge in [-0.15, -0.1) is 0 Å². The number of carbonyl (C=O) groups excluding carboxylic acids is 6. The van der Waals surface area contributed by atoms with Crippen molar-refractivity contribution in [3.63, 3.8) is 0 Å². The molecule has 1 amide bonds. The minimum absolute atomic E-state index is 0.0810. The molecule has 3 aromatic rings. The number of pyridine rings is 1. The van der Waals surface area contributed by atoms with Gasteiger partial charge in [0.1, 0.15) is 23.9 Å². The van der Waals surface area contributed by atoms with Gasteiger partial charge in [-0.1, -0.05) is 71.0 Å². The van der Waals surface area contributed by atoms with Crippen LogP contribution >= 0.6 is 0 Å². The van der Waals surface area contributed by atoms with Gasteiger partial charge in [-0.2, -0.15) is 0 Å². The summed E-state index contributed by atoms with van der Waals surface area (Å²) in [5, 5.41) is 16.9. The molecule has 16 heteroatoms. The summed E-state index contributed by atoms with van der Waals surface area (Å²) >= 11 is 0. The van der Waals surface area contributed by atoms with E-state index >= 15 is 4.79 Å². The summed E-state index contributed by atoms with van der Waals surface area (Å²) in [6.45, 7) is 15.0. The number of ether oxygens (including phenoxy) is 5. The van der Waals surface area contributed by atoms with Crippen LogP contribution in [0.15, 0.2) is 102 Å². The molecule has 0 unspecified atom stereocenters. The number of amides is 1. The minimum atomic E-state index is -2.62. The first-order valence-electron chi connectivity index (χ1n) is 23.3. The zero-order valence-electron chi connectivity index (χ0n) is 40.2. The molecule has 2 aromatic carbocycles. The first kappa shape index (κ1) is 50.1. The Morgan fingerprint density at radius 3 is 1.99 bits per heavy atom. The van der Waals surface area contributed by atoms with Gasteiger partial charge < -0.3 is 38.5 Å². The third kappa shape index (κ3) is 8.75. The lowest BCUT2D eigenvalue weighted by Crippen LogP contribution is -2.82. The molecule has 1 saturated heterocycles. The highest BCUT2D eigenvalue weighted by Crippen LogP contribution is 2.65. The number of esters is 4. The molecular formula is C52H62N2O13Si. The molecule has 1 aliphatic heterocycles. The predicted octanol–water partition coefficient (Wildman–Crippen LogP) is 7.10. The van der Waals surface area contributed by atoms with Crippen molar-refractivity contribution in [2.24, 2.45) is 16.7 Å². The predicted molar refractivity (Wildman–Crippen MR) is 251 cm³/mol. The summed E-state index contributed by atoms with van der Waals surface area (Å²) < 4.78 is 39.0. The summed E-state index contributed by atoms with van der Waals surface area (Å²) in [6.07, 6.45) is -2.79. The van der Waals surface area contributed by atoms with Crippen LogP contribution in [0, 0.1) is 16.7 Å². The van der Waals surface area contributed by atoms with Crippen molar-refractivity contribution in [1.82, 2.24) is 10.3 Å². The van der Waals surface area contributed by atoms with E-state index in [1.807, 2.05) is 0 Å². The second kappa shape index (κ2) is 19.3. The van der Waals surface area contributed by atoms with Crippen LogP contribution in [0.5, 0.6) is 0 Å². The van der Waals surface area contributed by atoms with Crippen LogP contribution in [0.2, 0.25) is 18.1 Å². The van der Waals surface area contributed by atoms with Crippen molar-refractivity contribution in [1.29, 1.82) is 0 Å². The van der Waals surface area contributed by atoms with Crippen molar-refractivity contribution < 1.29 is 62.0 Å². The number of rotatable bonds is 14. The number of ketones is 1. The molecule has 2 heterocycles. The Kier molecular flexibility index (Phi) is 14.2. The average molecular weight is 951 g/mol. The highest BCUT2D eigenvalue weighted by Gasteiger charge is 2.79. The maximum absolute atomic E-state index is 16.3. The van der Waals surface area contributed by atoms with E-state index in [1.54, 1.807) is 100 Å². The fourth-order valence-electron chi connectivity index (χ4n) is 11.3. The molecular weight excluding hydrogens is 889 g/mol. The summed E-state index contributed by atoms with van der Waals surface area (Å²) in [6, 6.07) is 21.9. The van der Waals surface area contributed by atoms with Gasteiger partial charge in [-0.3, -0.25) is 24.2 Å². The molecule has 0 radical (unpaired) electrons. The molecule has 7 rings (SSSR count). The minimum Gasteiger partial charge on any atom is -0.455 e. The largest absolute Gasteiger partial charge is 0.455 e. The summed E-state index contributed by atoms with van der Waals surface area (Å²) in [7, 11) is -2.62. The van der Waals surface area contributed by atoms with E-state index in [1.165, 1.54) is 26.2 Å². The highest BCUT2D eigenvalue weighted by molar-refractivity contribution is 6.73. The number of benzene rings is 2. The van der Waals surface area contributed by atoms with Crippen LogP contribution < -0.4 is 5.32 Å². The van der Waals surface area contributed by atoms with Gasteiger partial charge >= 0.3 is 23.9 Å². The Morgan fingerprint density at radius 2 is 1.44 bits per heavy atom. The van der Waals surface area contributed by atoms with Gasteiger partial charge in [0, 0.05) is 61.7 Å². The van der Waals surface area contributed by atoms with Crippen LogP contribution in [0.4, 0.5) is 0 Å². The lowest BCUT2D eigenvalue weighted by Gasteiger charge is -2.68. The zero-order chi connectivity index (χ0) is 49.4. The molecule has 0 spiro atoms. The van der Waals surface area contributed by atoms with Crippen molar-refractivity contribution in [3.05, 3.63) is 119 Å². The third-order valence-corrected chi connectivity index (χ3v) is 19.9. The van der Waals surface area contributed by atoms with E-state index in [0.717, 1.165) is 6.08 Å². The monoisotopic (exact) mass is 950 g/mol. The van der Waals surface area contributed by atoms with Gasteiger partial charge in [0.25, 0.3) is 5.91 Å². The number of nitrogens with one attached hydrogen (secondary N) is 1. The van der Waals surface area contributed by atoms with E-state index in [-0.39, 0.29) is 29.9 Å². The lowest BCUT2D eigenvalue weighted by atomic mass is 9.44. The van der Waals surface area contributed by atoms with Crippen LogP contribution in [-0.4, -0.2) is 102 Å². The number of nitrogens with zero attached hydrogens (tertiary/aromatic N) is 1. The van der Waals surface area contributed by atoms with Crippen LogP contribution in [0.1, 0.15) is 101 Å². The topological polar surface area (TPSA) is 203 Å². The average Bonchev–Trinajstić information content (AvgIpc) is 3.31. The van der Waals surface area contributed by atoms with E-state index in [4.69, 9.17) is 28.1 Å². The Labute approximate surface area is 398 Å². The van der Waals surface area contributed by atoms with E-state index in [9.17, 15) is 29.1 Å². The number of aliphatic hydroxyl groups is 1. The van der Waals surface area contributed by atoms with E-state index in [2.05, 4.69) is 31.1 Å². The van der Waals surface area contributed by atoms with Crippen molar-refractivity contribution >= 4 is 49.6 Å². The summed E-state index contributed by atoms with van der Waals surface area (Å²) in [5.74, 6) is -5.82. The van der Waals surface area contributed by atoms with E-state index < -0.39 is 109 Å². The molecule has 9 atom stereocenters. The van der Waals surface area contributed by atoms with Crippen LogP contribution in [-0.2, 0) is 47.3 Å². The number of hydrogen-bond donors (Lipinski definition) is 2. The molecule has 362 valence electrons. The molecule has 3 aliphatic carbocycles. The van der Waals surface area contributed by atoms with E-state index in [0.29, 0.717) is 34.8 Å². The smallest absolute Gasteiger partial charge is 0.338 e. The first-order valence-corrected chi connectivity index (χ1v) is 25.8. The Morgan fingerprint density at radius 1 is 0.838 bits per heavy atom. The van der Waals surface area contributed by atoms with Gasteiger partial charge in [-0.05, 0) is 79.5 Å². The number of carbonyl (C=O) groups is 6. The normalized spacial score (nSPS) is 29.7.